The van der Waals surface area contributed by atoms with Gasteiger partial charge in [0.1, 0.15) is 5.01 Å². The fraction of sp³-hybridized carbons (Fsp3) is 0.238. The smallest absolute Gasteiger partial charge is 0.230 e. The highest BCUT2D eigenvalue weighted by atomic mass is 35.5. The predicted octanol–water partition coefficient (Wildman–Crippen LogP) is 5.24. The Labute approximate surface area is 167 Å². The van der Waals surface area contributed by atoms with E-state index in [-0.39, 0.29) is 12.3 Å². The summed E-state index contributed by atoms with van der Waals surface area (Å²) in [5, 5.41) is 6.54. The van der Waals surface area contributed by atoms with Gasteiger partial charge in [0.15, 0.2) is 0 Å². The van der Waals surface area contributed by atoms with Gasteiger partial charge in [-0.05, 0) is 37.1 Å². The Bertz CT molecular complexity index is 950. The molecule has 1 aliphatic rings. The summed E-state index contributed by atoms with van der Waals surface area (Å²) in [7, 11) is 0. The monoisotopic (exact) mass is 397 g/mol. The van der Waals surface area contributed by atoms with Crippen LogP contribution >= 0.6 is 22.9 Å². The highest BCUT2D eigenvalue weighted by Crippen LogP contribution is 2.29. The largest absolute Gasteiger partial charge is 0.370 e. The lowest BCUT2D eigenvalue weighted by atomic mass is 10.2. The second kappa shape index (κ2) is 8.11. The summed E-state index contributed by atoms with van der Waals surface area (Å²) in [5.41, 5.74) is 3.71. The van der Waals surface area contributed by atoms with E-state index in [1.807, 2.05) is 47.8 Å². The zero-order valence-electron chi connectivity index (χ0n) is 14.8. The fourth-order valence-electron chi connectivity index (χ4n) is 3.31. The van der Waals surface area contributed by atoms with Crippen LogP contribution < -0.4 is 10.2 Å². The molecule has 0 atom stereocenters. The van der Waals surface area contributed by atoms with E-state index in [1.165, 1.54) is 24.2 Å². The molecule has 1 N–H and O–H groups in total. The Morgan fingerprint density at radius 2 is 1.96 bits per heavy atom. The molecule has 1 aliphatic heterocycles. The number of halogens is 1. The normalized spacial score (nSPS) is 13.7. The lowest BCUT2D eigenvalue weighted by molar-refractivity contribution is -0.115. The van der Waals surface area contributed by atoms with E-state index in [4.69, 9.17) is 11.6 Å². The second-order valence-corrected chi connectivity index (χ2v) is 7.89. The molecule has 0 unspecified atom stereocenters. The fourth-order valence-corrected chi connectivity index (χ4v) is 4.32. The van der Waals surface area contributed by atoms with Crippen LogP contribution in [0.3, 0.4) is 0 Å². The van der Waals surface area contributed by atoms with Gasteiger partial charge in [-0.15, -0.1) is 11.3 Å². The summed E-state index contributed by atoms with van der Waals surface area (Å²) < 4.78 is 0. The zero-order chi connectivity index (χ0) is 18.6. The van der Waals surface area contributed by atoms with Crippen LogP contribution in [0, 0.1) is 0 Å². The molecular formula is C21H20ClN3OS. The molecule has 0 aliphatic carbocycles. The molecule has 0 bridgehead atoms. The van der Waals surface area contributed by atoms with Gasteiger partial charge in [-0.2, -0.15) is 0 Å². The predicted molar refractivity (Wildman–Crippen MR) is 113 cm³/mol. The van der Waals surface area contributed by atoms with Crippen molar-refractivity contribution in [1.29, 1.82) is 0 Å². The minimum Gasteiger partial charge on any atom is -0.370 e. The molecule has 138 valence electrons. The average molecular weight is 398 g/mol. The van der Waals surface area contributed by atoms with E-state index >= 15 is 0 Å². The quantitative estimate of drug-likeness (QED) is 0.639. The number of nitrogens with one attached hydrogen (secondary N) is 1. The van der Waals surface area contributed by atoms with Gasteiger partial charge < -0.3 is 10.2 Å². The van der Waals surface area contributed by atoms with Gasteiger partial charge in [0.2, 0.25) is 5.91 Å². The van der Waals surface area contributed by atoms with Crippen LogP contribution in [-0.2, 0) is 11.2 Å². The zero-order valence-corrected chi connectivity index (χ0v) is 16.4. The molecule has 1 saturated heterocycles. The van der Waals surface area contributed by atoms with Crippen LogP contribution in [-0.4, -0.2) is 24.0 Å². The third-order valence-corrected chi connectivity index (χ3v) is 5.77. The summed E-state index contributed by atoms with van der Waals surface area (Å²) >= 11 is 7.58. The summed E-state index contributed by atoms with van der Waals surface area (Å²) in [6.07, 6.45) is 2.66. The molecule has 1 fully saturated rings. The molecule has 2 heterocycles. The van der Waals surface area contributed by atoms with Crippen molar-refractivity contribution in [1.82, 2.24) is 4.98 Å². The van der Waals surface area contributed by atoms with E-state index in [9.17, 15) is 4.79 Å². The molecule has 0 radical (unpaired) electrons. The molecule has 6 heteroatoms. The maximum Gasteiger partial charge on any atom is 0.230 e. The lowest BCUT2D eigenvalue weighted by Crippen LogP contribution is -2.21. The van der Waals surface area contributed by atoms with Crippen LogP contribution in [0.25, 0.3) is 10.6 Å². The van der Waals surface area contributed by atoms with Crippen molar-refractivity contribution < 1.29 is 4.79 Å². The van der Waals surface area contributed by atoms with Crippen molar-refractivity contribution in [2.75, 3.05) is 23.3 Å². The van der Waals surface area contributed by atoms with Crippen molar-refractivity contribution in [2.45, 2.75) is 19.3 Å². The highest BCUT2D eigenvalue weighted by molar-refractivity contribution is 7.13. The Morgan fingerprint density at radius 1 is 1.15 bits per heavy atom. The molecule has 1 aromatic heterocycles. The van der Waals surface area contributed by atoms with Gasteiger partial charge in [0.05, 0.1) is 23.5 Å². The van der Waals surface area contributed by atoms with Gasteiger partial charge in [-0.25, -0.2) is 4.98 Å². The van der Waals surface area contributed by atoms with E-state index in [0.29, 0.717) is 5.02 Å². The van der Waals surface area contributed by atoms with E-state index in [1.54, 1.807) is 0 Å². The number of benzene rings is 2. The summed E-state index contributed by atoms with van der Waals surface area (Å²) in [6, 6.07) is 15.6. The summed E-state index contributed by atoms with van der Waals surface area (Å²) in [5.74, 6) is -0.0513. The van der Waals surface area contributed by atoms with Crippen molar-refractivity contribution in [3.05, 3.63) is 64.6 Å². The van der Waals surface area contributed by atoms with Gasteiger partial charge >= 0.3 is 0 Å². The molecule has 3 aromatic rings. The summed E-state index contributed by atoms with van der Waals surface area (Å²) in [6.45, 7) is 2.09. The number of anilines is 2. The van der Waals surface area contributed by atoms with Crippen molar-refractivity contribution in [2.24, 2.45) is 0 Å². The molecule has 1 amide bonds. The summed E-state index contributed by atoms with van der Waals surface area (Å²) in [4.78, 5) is 19.5. The molecular weight excluding hydrogens is 378 g/mol. The number of carbonyl (C=O) groups is 1. The second-order valence-electron chi connectivity index (χ2n) is 6.59. The first kappa shape index (κ1) is 18.0. The third-order valence-electron chi connectivity index (χ3n) is 4.59. The Balaban J connectivity index is 1.45. The number of rotatable bonds is 5. The first-order valence-electron chi connectivity index (χ1n) is 9.03. The van der Waals surface area contributed by atoms with Crippen molar-refractivity contribution in [3.8, 4) is 10.6 Å². The Morgan fingerprint density at radius 3 is 2.78 bits per heavy atom. The third kappa shape index (κ3) is 4.31. The lowest BCUT2D eigenvalue weighted by Gasteiger charge is -2.21. The molecule has 4 rings (SSSR count). The van der Waals surface area contributed by atoms with E-state index < -0.39 is 0 Å². The SMILES string of the molecule is O=C(Cc1csc(-c2cccc(Cl)c2)n1)Nc1ccccc1N1CCCC1. The van der Waals surface area contributed by atoms with Gasteiger partial charge in [-0.1, -0.05) is 35.9 Å². The highest BCUT2D eigenvalue weighted by Gasteiger charge is 2.17. The minimum atomic E-state index is -0.0513. The first-order chi connectivity index (χ1) is 13.2. The van der Waals surface area contributed by atoms with Gasteiger partial charge in [0.25, 0.3) is 0 Å². The number of hydrogen-bond acceptors (Lipinski definition) is 4. The Kier molecular flexibility index (Phi) is 5.41. The maximum absolute atomic E-state index is 12.6. The van der Waals surface area contributed by atoms with Crippen LogP contribution in [0.4, 0.5) is 11.4 Å². The topological polar surface area (TPSA) is 45.2 Å². The molecule has 27 heavy (non-hydrogen) atoms. The number of amides is 1. The molecule has 4 nitrogen and oxygen atoms in total. The Hall–Kier alpha value is -2.37. The van der Waals surface area contributed by atoms with Crippen LogP contribution in [0.1, 0.15) is 18.5 Å². The van der Waals surface area contributed by atoms with E-state index in [2.05, 4.69) is 21.3 Å². The molecule has 0 saturated carbocycles. The van der Waals surface area contributed by atoms with Gasteiger partial charge in [0, 0.05) is 29.1 Å². The number of carbonyl (C=O) groups excluding carboxylic acids is 1. The van der Waals surface area contributed by atoms with E-state index in [0.717, 1.165) is 40.7 Å². The standard InChI is InChI=1S/C21H20ClN3OS/c22-16-7-5-6-15(12-16)21-23-17(14-27-21)13-20(26)24-18-8-1-2-9-19(18)25-10-3-4-11-25/h1-2,5-9,12,14H,3-4,10-11,13H2,(H,24,26). The number of aromatic nitrogens is 1. The number of hydrogen-bond donors (Lipinski definition) is 1. The van der Waals surface area contributed by atoms with Crippen molar-refractivity contribution >= 4 is 40.2 Å². The van der Waals surface area contributed by atoms with Crippen molar-refractivity contribution in [3.63, 3.8) is 0 Å². The first-order valence-corrected chi connectivity index (χ1v) is 10.3. The minimum absolute atomic E-state index is 0.0513. The van der Waals surface area contributed by atoms with Gasteiger partial charge in [-0.3, -0.25) is 4.79 Å². The molecule has 0 spiro atoms. The number of thiazole rings is 1. The van der Waals surface area contributed by atoms with Crippen LogP contribution in [0.5, 0.6) is 0 Å². The average Bonchev–Trinajstić information content (AvgIpc) is 3.34. The number of nitrogens with zero attached hydrogens (tertiary/aromatic N) is 2. The number of para-hydroxylation sites is 2. The maximum atomic E-state index is 12.6. The molecule has 2 aromatic carbocycles. The van der Waals surface area contributed by atoms with Crippen LogP contribution in [0.2, 0.25) is 5.02 Å². The van der Waals surface area contributed by atoms with Crippen LogP contribution in [0.15, 0.2) is 53.9 Å².